The first-order valence-corrected chi connectivity index (χ1v) is 4.04. The molecule has 0 radical (unpaired) electrons. The maximum atomic E-state index is 5.63. The van der Waals surface area contributed by atoms with Crippen LogP contribution in [0, 0.1) is 0 Å². The number of quaternary nitrogens is 1. The van der Waals surface area contributed by atoms with Crippen molar-refractivity contribution < 1.29 is 15.0 Å². The summed E-state index contributed by atoms with van der Waals surface area (Å²) < 4.78 is 11.3. The van der Waals surface area contributed by atoms with Crippen LogP contribution < -0.4 is 5.73 Å². The van der Waals surface area contributed by atoms with Gasteiger partial charge >= 0.3 is 7.12 Å². The van der Waals surface area contributed by atoms with Crippen LogP contribution in [0.25, 0.3) is 0 Å². The zero-order valence-electron chi connectivity index (χ0n) is 7.81. The molecule has 3 N–H and O–H groups in total. The molecular formula is C7H17BNO2+. The second-order valence-corrected chi connectivity index (χ2v) is 3.97. The van der Waals surface area contributed by atoms with E-state index in [2.05, 4.69) is 5.73 Å². The Hall–Kier alpha value is -0.0551. The van der Waals surface area contributed by atoms with E-state index in [0.717, 1.165) is 0 Å². The van der Waals surface area contributed by atoms with E-state index in [0.29, 0.717) is 6.44 Å². The van der Waals surface area contributed by atoms with E-state index in [-0.39, 0.29) is 18.3 Å². The summed E-state index contributed by atoms with van der Waals surface area (Å²) in [5, 5.41) is 0. The molecule has 0 spiro atoms. The van der Waals surface area contributed by atoms with Crippen molar-refractivity contribution in [3.8, 4) is 0 Å². The Morgan fingerprint density at radius 2 is 1.45 bits per heavy atom. The highest BCUT2D eigenvalue weighted by Gasteiger charge is 2.51. The fourth-order valence-electron chi connectivity index (χ4n) is 1.08. The van der Waals surface area contributed by atoms with E-state index in [1.165, 1.54) is 0 Å². The highest BCUT2D eigenvalue weighted by Crippen LogP contribution is 2.35. The quantitative estimate of drug-likeness (QED) is 0.540. The van der Waals surface area contributed by atoms with Gasteiger partial charge in [0.2, 0.25) is 0 Å². The third kappa shape index (κ3) is 1.43. The van der Waals surface area contributed by atoms with Crippen molar-refractivity contribution in [1.29, 1.82) is 0 Å². The van der Waals surface area contributed by atoms with Gasteiger partial charge < -0.3 is 15.0 Å². The molecule has 64 valence electrons. The molecule has 4 heteroatoms. The lowest BCUT2D eigenvalue weighted by Crippen LogP contribution is -2.58. The van der Waals surface area contributed by atoms with Gasteiger partial charge in [-0.2, -0.15) is 0 Å². The SMILES string of the molecule is CC1(C)OB(C[NH3+])OC1(C)C. The maximum absolute atomic E-state index is 5.63. The van der Waals surface area contributed by atoms with Crippen molar-refractivity contribution in [2.24, 2.45) is 0 Å². The van der Waals surface area contributed by atoms with Crippen molar-refractivity contribution in [3.05, 3.63) is 0 Å². The Labute approximate surface area is 68.4 Å². The van der Waals surface area contributed by atoms with E-state index < -0.39 is 0 Å². The van der Waals surface area contributed by atoms with Crippen LogP contribution in [0.4, 0.5) is 0 Å². The van der Waals surface area contributed by atoms with Crippen molar-refractivity contribution in [2.45, 2.75) is 38.9 Å². The lowest BCUT2D eigenvalue weighted by atomic mass is 9.90. The van der Waals surface area contributed by atoms with Crippen LogP contribution in [-0.2, 0) is 9.31 Å². The third-order valence-corrected chi connectivity index (χ3v) is 2.54. The Morgan fingerprint density at radius 1 is 1.09 bits per heavy atom. The molecule has 0 saturated carbocycles. The molecule has 0 aromatic carbocycles. The standard InChI is InChI=1S/C7H16BNO2/c1-6(2)7(3,4)11-8(5-9)10-6/h5,9H2,1-4H3/p+1. The average molecular weight is 158 g/mol. The van der Waals surface area contributed by atoms with Gasteiger partial charge in [0.1, 0.15) is 6.44 Å². The van der Waals surface area contributed by atoms with Crippen LogP contribution in [0.15, 0.2) is 0 Å². The number of hydrogen-bond donors (Lipinski definition) is 1. The summed E-state index contributed by atoms with van der Waals surface area (Å²) in [6.07, 6.45) is 0.673. The van der Waals surface area contributed by atoms with Crippen molar-refractivity contribution in [2.75, 3.05) is 6.44 Å². The van der Waals surface area contributed by atoms with Crippen LogP contribution in [0.2, 0.25) is 0 Å². The Balaban J connectivity index is 2.72. The van der Waals surface area contributed by atoms with Gasteiger partial charge in [0, 0.05) is 0 Å². The summed E-state index contributed by atoms with van der Waals surface area (Å²) in [7, 11) is -0.125. The van der Waals surface area contributed by atoms with Gasteiger partial charge in [-0.25, -0.2) is 0 Å². The monoisotopic (exact) mass is 158 g/mol. The summed E-state index contributed by atoms with van der Waals surface area (Å²) in [5.41, 5.74) is 3.35. The molecule has 1 heterocycles. The number of rotatable bonds is 1. The normalized spacial score (nSPS) is 27.5. The zero-order chi connectivity index (χ0) is 8.70. The van der Waals surface area contributed by atoms with Crippen molar-refractivity contribution in [3.63, 3.8) is 0 Å². The molecule has 0 aliphatic carbocycles. The minimum atomic E-state index is -0.199. The minimum absolute atomic E-state index is 0.125. The smallest absolute Gasteiger partial charge is 0.400 e. The lowest BCUT2D eigenvalue weighted by Gasteiger charge is -2.32. The summed E-state index contributed by atoms with van der Waals surface area (Å²) in [6.45, 7) is 8.18. The first-order chi connectivity index (χ1) is 4.89. The van der Waals surface area contributed by atoms with Crippen molar-refractivity contribution in [1.82, 2.24) is 0 Å². The molecule has 0 amide bonds. The predicted molar refractivity (Wildman–Crippen MR) is 43.8 cm³/mol. The molecule has 1 rings (SSSR count). The van der Waals surface area contributed by atoms with Gasteiger partial charge in [-0.3, -0.25) is 0 Å². The molecule has 0 aromatic heterocycles. The first-order valence-electron chi connectivity index (χ1n) is 4.04. The minimum Gasteiger partial charge on any atom is -0.400 e. The summed E-state index contributed by atoms with van der Waals surface area (Å²) in [4.78, 5) is 0. The van der Waals surface area contributed by atoms with Gasteiger partial charge in [-0.05, 0) is 27.7 Å². The molecule has 1 aliphatic rings. The molecule has 3 nitrogen and oxygen atoms in total. The molecule has 0 unspecified atom stereocenters. The number of hydrogen-bond acceptors (Lipinski definition) is 2. The Bertz CT molecular complexity index is 143. The summed E-state index contributed by atoms with van der Waals surface area (Å²) in [6, 6.07) is 0. The van der Waals surface area contributed by atoms with Gasteiger partial charge in [0.05, 0.1) is 11.2 Å². The third-order valence-electron chi connectivity index (χ3n) is 2.54. The highest BCUT2D eigenvalue weighted by atomic mass is 16.7. The van der Waals surface area contributed by atoms with Gasteiger partial charge in [-0.1, -0.05) is 0 Å². The van der Waals surface area contributed by atoms with E-state index in [1.54, 1.807) is 0 Å². The molecule has 1 aliphatic heterocycles. The molecule has 0 atom stereocenters. The average Bonchev–Trinajstić information content (AvgIpc) is 2.03. The van der Waals surface area contributed by atoms with Crippen molar-refractivity contribution >= 4 is 7.12 Å². The molecule has 11 heavy (non-hydrogen) atoms. The zero-order valence-corrected chi connectivity index (χ0v) is 7.81. The Morgan fingerprint density at radius 3 is 1.64 bits per heavy atom. The van der Waals surface area contributed by atoms with Gasteiger partial charge in [-0.15, -0.1) is 0 Å². The molecule has 1 saturated heterocycles. The van der Waals surface area contributed by atoms with Gasteiger partial charge in [0.15, 0.2) is 0 Å². The molecular weight excluding hydrogens is 141 g/mol. The van der Waals surface area contributed by atoms with E-state index in [1.807, 2.05) is 27.7 Å². The van der Waals surface area contributed by atoms with Crippen LogP contribution >= 0.6 is 0 Å². The summed E-state index contributed by atoms with van der Waals surface area (Å²) >= 11 is 0. The van der Waals surface area contributed by atoms with Crippen LogP contribution in [0.1, 0.15) is 27.7 Å². The topological polar surface area (TPSA) is 46.1 Å². The molecule has 0 aromatic rings. The van der Waals surface area contributed by atoms with Gasteiger partial charge in [0.25, 0.3) is 0 Å². The summed E-state index contributed by atoms with van der Waals surface area (Å²) in [5.74, 6) is 0. The molecule has 1 fully saturated rings. The Kier molecular flexibility index (Phi) is 2.03. The van der Waals surface area contributed by atoms with E-state index in [9.17, 15) is 0 Å². The largest absolute Gasteiger partial charge is 0.517 e. The van der Waals surface area contributed by atoms with Crippen LogP contribution in [0.5, 0.6) is 0 Å². The molecule has 0 bridgehead atoms. The van der Waals surface area contributed by atoms with E-state index in [4.69, 9.17) is 9.31 Å². The first kappa shape index (κ1) is 9.04. The second-order valence-electron chi connectivity index (χ2n) is 3.97. The highest BCUT2D eigenvalue weighted by molar-refractivity contribution is 6.45. The second kappa shape index (κ2) is 2.47. The maximum Gasteiger partial charge on any atom is 0.517 e. The van der Waals surface area contributed by atoms with E-state index >= 15 is 0 Å². The predicted octanol–water partition coefficient (Wildman–Crippen LogP) is -0.140. The fraction of sp³-hybridized carbons (Fsp3) is 1.00. The fourth-order valence-corrected chi connectivity index (χ4v) is 1.08. The van der Waals surface area contributed by atoms with Crippen LogP contribution in [0.3, 0.4) is 0 Å². The lowest BCUT2D eigenvalue weighted by molar-refractivity contribution is -0.348. The van der Waals surface area contributed by atoms with Crippen LogP contribution in [-0.4, -0.2) is 24.8 Å².